The van der Waals surface area contributed by atoms with Crippen LogP contribution in [0.1, 0.15) is 67.2 Å². The first-order valence-corrected chi connectivity index (χ1v) is 9.58. The fourth-order valence-electron chi connectivity index (χ4n) is 3.03. The van der Waals surface area contributed by atoms with E-state index in [0.717, 1.165) is 0 Å². The molecule has 0 aliphatic rings. The molecule has 0 saturated heterocycles. The third-order valence-corrected chi connectivity index (χ3v) is 4.95. The van der Waals surface area contributed by atoms with Crippen LogP contribution in [-0.4, -0.2) is 23.6 Å². The van der Waals surface area contributed by atoms with Crippen molar-refractivity contribution in [3.63, 3.8) is 0 Å². The molecular formula is C23H28O4. The maximum atomic E-state index is 12.6. The molecular weight excluding hydrogens is 340 g/mol. The zero-order valence-corrected chi connectivity index (χ0v) is 16.3. The van der Waals surface area contributed by atoms with Crippen molar-refractivity contribution in [2.75, 3.05) is 0 Å². The predicted octanol–water partition coefficient (Wildman–Crippen LogP) is 5.43. The Kier molecular flexibility index (Phi) is 7.59. The van der Waals surface area contributed by atoms with Crippen molar-refractivity contribution in [1.82, 2.24) is 0 Å². The first-order chi connectivity index (χ1) is 13.0. The highest BCUT2D eigenvalue weighted by molar-refractivity contribution is 5.90. The molecule has 4 nitrogen and oxygen atoms in total. The number of carbonyl (C=O) groups is 2. The van der Waals surface area contributed by atoms with E-state index in [1.165, 1.54) is 0 Å². The van der Waals surface area contributed by atoms with E-state index in [-0.39, 0.29) is 18.0 Å². The van der Waals surface area contributed by atoms with E-state index in [1.807, 2.05) is 57.2 Å². The van der Waals surface area contributed by atoms with Gasteiger partial charge in [0.1, 0.15) is 11.7 Å². The van der Waals surface area contributed by atoms with Gasteiger partial charge in [0.25, 0.3) is 0 Å². The molecule has 0 bridgehead atoms. The molecule has 0 heterocycles. The Morgan fingerprint density at radius 3 is 1.74 bits per heavy atom. The van der Waals surface area contributed by atoms with Gasteiger partial charge in [-0.25, -0.2) is 9.59 Å². The third kappa shape index (κ3) is 5.68. The lowest BCUT2D eigenvalue weighted by atomic mass is 9.89. The minimum Gasteiger partial charge on any atom is -0.459 e. The lowest BCUT2D eigenvalue weighted by molar-refractivity contribution is -0.0534. The Morgan fingerprint density at radius 1 is 0.815 bits per heavy atom. The van der Waals surface area contributed by atoms with Gasteiger partial charge in [0.15, 0.2) is 0 Å². The highest BCUT2D eigenvalue weighted by atomic mass is 16.6. The van der Waals surface area contributed by atoms with Crippen molar-refractivity contribution < 1.29 is 19.1 Å². The van der Waals surface area contributed by atoms with Gasteiger partial charge < -0.3 is 9.47 Å². The predicted molar refractivity (Wildman–Crippen MR) is 106 cm³/mol. The Labute approximate surface area is 161 Å². The summed E-state index contributed by atoms with van der Waals surface area (Å²) in [7, 11) is 0. The number of ether oxygens (including phenoxy) is 2. The van der Waals surface area contributed by atoms with E-state index in [2.05, 4.69) is 0 Å². The summed E-state index contributed by atoms with van der Waals surface area (Å²) >= 11 is 0. The van der Waals surface area contributed by atoms with Crippen LogP contribution in [0.2, 0.25) is 0 Å². The molecule has 144 valence electrons. The topological polar surface area (TPSA) is 52.6 Å². The van der Waals surface area contributed by atoms with Gasteiger partial charge in [-0.1, -0.05) is 57.2 Å². The summed E-state index contributed by atoms with van der Waals surface area (Å²) in [5.41, 5.74) is 0.388. The van der Waals surface area contributed by atoms with Crippen molar-refractivity contribution >= 4 is 11.9 Å². The summed E-state index contributed by atoms with van der Waals surface area (Å²) in [4.78, 5) is 25.0. The molecule has 0 aliphatic carbocycles. The molecule has 2 aromatic rings. The smallest absolute Gasteiger partial charge is 0.338 e. The Hall–Kier alpha value is -2.62. The fraction of sp³-hybridized carbons (Fsp3) is 0.391. The molecule has 0 spiro atoms. The van der Waals surface area contributed by atoms with Crippen LogP contribution < -0.4 is 0 Å². The van der Waals surface area contributed by atoms with Crippen molar-refractivity contribution in [3.05, 3.63) is 71.8 Å². The number of esters is 2. The highest BCUT2D eigenvalue weighted by Gasteiger charge is 2.35. The van der Waals surface area contributed by atoms with Gasteiger partial charge in [-0.3, -0.25) is 0 Å². The molecule has 0 saturated carbocycles. The quantitative estimate of drug-likeness (QED) is 0.554. The van der Waals surface area contributed by atoms with E-state index in [0.29, 0.717) is 36.8 Å². The average Bonchev–Trinajstić information content (AvgIpc) is 2.73. The van der Waals surface area contributed by atoms with Crippen LogP contribution in [0, 0.1) is 0 Å². The summed E-state index contributed by atoms with van der Waals surface area (Å²) < 4.78 is 11.6. The van der Waals surface area contributed by atoms with Crippen LogP contribution >= 0.6 is 0 Å². The van der Waals surface area contributed by atoms with Crippen LogP contribution in [0.4, 0.5) is 0 Å². The SMILES string of the molecule is CCC(CC(CC)(CC)OC(=O)c1ccccc1)OC(=O)c1ccccc1. The molecule has 27 heavy (non-hydrogen) atoms. The second-order valence-corrected chi connectivity index (χ2v) is 6.65. The number of hydrogen-bond acceptors (Lipinski definition) is 4. The number of carbonyl (C=O) groups excluding carboxylic acids is 2. The molecule has 0 aliphatic heterocycles. The number of rotatable bonds is 9. The monoisotopic (exact) mass is 368 g/mol. The normalized spacial score (nSPS) is 12.3. The van der Waals surface area contributed by atoms with Gasteiger partial charge in [-0.05, 0) is 43.5 Å². The lowest BCUT2D eigenvalue weighted by Gasteiger charge is -2.34. The first-order valence-electron chi connectivity index (χ1n) is 9.58. The molecule has 4 heteroatoms. The second-order valence-electron chi connectivity index (χ2n) is 6.65. The Bertz CT molecular complexity index is 721. The van der Waals surface area contributed by atoms with Crippen LogP contribution in [-0.2, 0) is 9.47 Å². The van der Waals surface area contributed by atoms with Crippen LogP contribution in [0.15, 0.2) is 60.7 Å². The van der Waals surface area contributed by atoms with Gasteiger partial charge in [0.05, 0.1) is 11.1 Å². The van der Waals surface area contributed by atoms with Gasteiger partial charge in [0.2, 0.25) is 0 Å². The standard InChI is InChI=1S/C23H28O4/c1-4-20(26-21(24)18-13-9-7-10-14-18)17-23(5-2,6-3)27-22(25)19-15-11-8-12-16-19/h7-16,20H,4-6,17H2,1-3H3. The van der Waals surface area contributed by atoms with Gasteiger partial charge in [-0.15, -0.1) is 0 Å². The largest absolute Gasteiger partial charge is 0.459 e. The number of benzene rings is 2. The van der Waals surface area contributed by atoms with Crippen molar-refractivity contribution in [3.8, 4) is 0 Å². The van der Waals surface area contributed by atoms with Gasteiger partial charge in [-0.2, -0.15) is 0 Å². The summed E-state index contributed by atoms with van der Waals surface area (Å²) in [6.07, 6.45) is 2.13. The lowest BCUT2D eigenvalue weighted by Crippen LogP contribution is -2.39. The first kappa shape index (κ1) is 20.7. The zero-order chi connectivity index (χ0) is 19.7. The van der Waals surface area contributed by atoms with Crippen LogP contribution in [0.5, 0.6) is 0 Å². The van der Waals surface area contributed by atoms with Crippen molar-refractivity contribution in [1.29, 1.82) is 0 Å². The summed E-state index contributed by atoms with van der Waals surface area (Å²) in [5, 5.41) is 0. The second kappa shape index (κ2) is 9.91. The minimum absolute atomic E-state index is 0.318. The van der Waals surface area contributed by atoms with Gasteiger partial charge >= 0.3 is 11.9 Å². The molecule has 0 N–H and O–H groups in total. The third-order valence-electron chi connectivity index (χ3n) is 4.95. The van der Waals surface area contributed by atoms with E-state index in [9.17, 15) is 9.59 Å². The Morgan fingerprint density at radius 2 is 1.30 bits per heavy atom. The average molecular weight is 368 g/mol. The Balaban J connectivity index is 2.09. The van der Waals surface area contributed by atoms with Crippen LogP contribution in [0.3, 0.4) is 0 Å². The minimum atomic E-state index is -0.662. The molecule has 2 rings (SSSR count). The zero-order valence-electron chi connectivity index (χ0n) is 16.3. The van der Waals surface area contributed by atoms with E-state index in [4.69, 9.17) is 9.47 Å². The van der Waals surface area contributed by atoms with Gasteiger partial charge in [0, 0.05) is 6.42 Å². The molecule has 0 fully saturated rings. The molecule has 0 radical (unpaired) electrons. The molecule has 1 unspecified atom stereocenters. The summed E-state index contributed by atoms with van der Waals surface area (Å²) in [6.45, 7) is 5.96. The van der Waals surface area contributed by atoms with Crippen LogP contribution in [0.25, 0.3) is 0 Å². The molecule has 1 atom stereocenters. The molecule has 2 aromatic carbocycles. The van der Waals surface area contributed by atoms with E-state index < -0.39 is 5.60 Å². The highest BCUT2D eigenvalue weighted by Crippen LogP contribution is 2.30. The molecule has 0 amide bonds. The van der Waals surface area contributed by atoms with E-state index in [1.54, 1.807) is 24.3 Å². The maximum Gasteiger partial charge on any atom is 0.338 e. The maximum absolute atomic E-state index is 12.6. The van der Waals surface area contributed by atoms with Crippen molar-refractivity contribution in [2.24, 2.45) is 0 Å². The molecule has 0 aromatic heterocycles. The fourth-order valence-corrected chi connectivity index (χ4v) is 3.03. The van der Waals surface area contributed by atoms with E-state index >= 15 is 0 Å². The summed E-state index contributed by atoms with van der Waals surface area (Å²) in [6, 6.07) is 17.9. The van der Waals surface area contributed by atoms with Crippen molar-refractivity contribution in [2.45, 2.75) is 58.2 Å². The number of hydrogen-bond donors (Lipinski definition) is 0. The summed E-state index contributed by atoms with van der Waals surface area (Å²) in [5.74, 6) is -0.693.